The first kappa shape index (κ1) is 50.2. The third-order valence-corrected chi connectivity index (χ3v) is 17.3. The van der Waals surface area contributed by atoms with Crippen LogP contribution in [-0.4, -0.2) is 124 Å². The predicted molar refractivity (Wildman–Crippen MR) is 286 cm³/mol. The number of carbonyl (C=O) groups is 3. The zero-order valence-electron chi connectivity index (χ0n) is 42.4. The Morgan fingerprint density at radius 3 is 2.44 bits per heavy atom. The Kier molecular flexibility index (Phi) is 14.1. The van der Waals surface area contributed by atoms with E-state index >= 15 is 0 Å². The number of hydrogen-bond acceptors (Lipinski definition) is 13. The molecule has 4 aliphatic rings. The van der Waals surface area contributed by atoms with Gasteiger partial charge in [0, 0.05) is 88.9 Å². The number of nitrogens with one attached hydrogen (secondary N) is 1. The number of pyridine rings is 1. The van der Waals surface area contributed by atoms with Crippen molar-refractivity contribution in [2.24, 2.45) is 16.8 Å². The molecular formula is C54H61ClN12O4S2. The Morgan fingerprint density at radius 1 is 0.959 bits per heavy atom. The summed E-state index contributed by atoms with van der Waals surface area (Å²) in [7, 11) is 0. The Bertz CT molecular complexity index is 3160. The van der Waals surface area contributed by atoms with Crippen molar-refractivity contribution in [3.63, 3.8) is 0 Å². The number of thiophene rings is 1. The molecule has 7 atom stereocenters. The third kappa shape index (κ3) is 9.81. The summed E-state index contributed by atoms with van der Waals surface area (Å²) >= 11 is 9.66. The second-order valence-electron chi connectivity index (χ2n) is 20.1. The molecule has 0 bridgehead atoms. The van der Waals surface area contributed by atoms with E-state index in [1.165, 1.54) is 14.7 Å². The summed E-state index contributed by atoms with van der Waals surface area (Å²) in [4.78, 5) is 65.3. The summed E-state index contributed by atoms with van der Waals surface area (Å²) in [6.07, 6.45) is 11.3. The van der Waals surface area contributed by atoms with Crippen molar-refractivity contribution < 1.29 is 19.5 Å². The fourth-order valence-corrected chi connectivity index (χ4v) is 13.0. The molecule has 5 aromatic heterocycles. The Labute approximate surface area is 438 Å². The summed E-state index contributed by atoms with van der Waals surface area (Å²) in [6, 6.07) is 9.21. The van der Waals surface area contributed by atoms with Gasteiger partial charge in [0.25, 0.3) is 0 Å². The van der Waals surface area contributed by atoms with E-state index in [9.17, 15) is 19.5 Å². The second-order valence-corrected chi connectivity index (χ2v) is 22.6. The van der Waals surface area contributed by atoms with Crippen LogP contribution in [0.2, 0.25) is 5.02 Å². The fourth-order valence-electron chi connectivity index (χ4n) is 10.7. The van der Waals surface area contributed by atoms with E-state index in [1.807, 2.05) is 87.6 Å². The molecule has 380 valence electrons. The topological polar surface area (TPSA) is 180 Å². The maximum absolute atomic E-state index is 14.5. The van der Waals surface area contributed by atoms with Crippen LogP contribution < -0.4 is 10.2 Å². The van der Waals surface area contributed by atoms with Gasteiger partial charge in [-0.2, -0.15) is 5.10 Å². The van der Waals surface area contributed by atoms with Crippen molar-refractivity contribution in [3.05, 3.63) is 133 Å². The lowest BCUT2D eigenvalue weighted by molar-refractivity contribution is -0.142. The first-order valence-corrected chi connectivity index (χ1v) is 27.1. The zero-order valence-corrected chi connectivity index (χ0v) is 44.7. The molecule has 0 saturated carbocycles. The van der Waals surface area contributed by atoms with E-state index in [-0.39, 0.29) is 60.9 Å². The number of aliphatic hydroxyl groups is 1. The van der Waals surface area contributed by atoms with Crippen LogP contribution in [0.1, 0.15) is 102 Å². The number of benzene rings is 1. The number of piperazine rings is 1. The standard InChI is InChI=1S/C54H61ClN12O4S2/c1-29(2)49(53(71)65-27-41(68)23-44(65)52(70)59-32(5)37-11-14-42(30(3)21-37)50-33(6)57-28-72-50)66-26-39(25-58-66)38-15-16-56-45(22-38)63-17-19-64(20-18-63)46(69)24-43-51-62-61-35(8)67(51)54-47(31(4)34(7)73-54)48(60-43)36-9-12-40(55)13-10-36/h9-16,21-22,25-26,28-30,32,41-44,49,68H,17-20,23-24,27H2,1-8H3,(H,59,70)/t30?,32-,41+,42?,43-,44-,49-/m0/s1. The minimum Gasteiger partial charge on any atom is -0.391 e. The lowest BCUT2D eigenvalue weighted by atomic mass is 9.84. The predicted octanol–water partition coefficient (Wildman–Crippen LogP) is 8.14. The average molecular weight is 1040 g/mol. The van der Waals surface area contributed by atoms with Crippen LogP contribution in [0, 0.1) is 39.5 Å². The molecule has 3 aliphatic heterocycles. The molecule has 19 heteroatoms. The van der Waals surface area contributed by atoms with E-state index in [0.29, 0.717) is 37.0 Å². The highest BCUT2D eigenvalue weighted by atomic mass is 35.5. The largest absolute Gasteiger partial charge is 0.391 e. The molecule has 10 rings (SSSR count). The third-order valence-electron chi connectivity index (χ3n) is 14.9. The van der Waals surface area contributed by atoms with Gasteiger partial charge in [0.05, 0.1) is 41.7 Å². The zero-order chi connectivity index (χ0) is 51.4. The lowest BCUT2D eigenvalue weighted by Crippen LogP contribution is -2.50. The van der Waals surface area contributed by atoms with Crippen molar-refractivity contribution in [1.82, 2.24) is 49.6 Å². The number of allylic oxidation sites excluding steroid dienone is 2. The normalized spacial score (nSPS) is 21.6. The van der Waals surface area contributed by atoms with Gasteiger partial charge in [-0.05, 0) is 87.4 Å². The van der Waals surface area contributed by atoms with Gasteiger partial charge in [0.2, 0.25) is 17.7 Å². The van der Waals surface area contributed by atoms with Crippen molar-refractivity contribution in [1.29, 1.82) is 0 Å². The molecule has 1 aromatic carbocycles. The number of aliphatic imine (C=N–C) groups is 1. The first-order chi connectivity index (χ1) is 35.0. The van der Waals surface area contributed by atoms with Crippen LogP contribution in [0.4, 0.5) is 5.82 Å². The van der Waals surface area contributed by atoms with Crippen molar-refractivity contribution in [2.45, 2.75) is 104 Å². The van der Waals surface area contributed by atoms with Crippen LogP contribution in [0.3, 0.4) is 0 Å². The molecule has 1 aliphatic carbocycles. The number of fused-ring (bicyclic) bond motifs is 3. The highest BCUT2D eigenvalue weighted by molar-refractivity contribution is 7.15. The van der Waals surface area contributed by atoms with Crippen LogP contribution >= 0.6 is 34.3 Å². The molecule has 16 nitrogen and oxygen atoms in total. The molecule has 0 radical (unpaired) electrons. The van der Waals surface area contributed by atoms with Gasteiger partial charge in [-0.25, -0.2) is 9.97 Å². The summed E-state index contributed by atoms with van der Waals surface area (Å²) in [5.74, 6) is 1.86. The number of carbonyl (C=O) groups excluding carboxylic acids is 3. The number of nitrogens with zero attached hydrogens (tertiary/aromatic N) is 11. The monoisotopic (exact) mass is 1040 g/mol. The van der Waals surface area contributed by atoms with Gasteiger partial charge in [0.15, 0.2) is 5.82 Å². The molecule has 2 saturated heterocycles. The van der Waals surface area contributed by atoms with E-state index < -0.39 is 24.2 Å². The minimum absolute atomic E-state index is 0.0108. The number of β-amino-alcohol motifs (C(OH)–C–C–N with tert-alkyl or cyclic N) is 1. The van der Waals surface area contributed by atoms with E-state index in [2.05, 4.69) is 69.0 Å². The van der Waals surface area contributed by atoms with Gasteiger partial charge in [-0.1, -0.05) is 62.7 Å². The Hall–Kier alpha value is -6.34. The number of amides is 3. The quantitative estimate of drug-likeness (QED) is 0.122. The highest BCUT2D eigenvalue weighted by Crippen LogP contribution is 2.41. The Morgan fingerprint density at radius 2 is 1.73 bits per heavy atom. The number of anilines is 1. The number of aliphatic hydroxyl groups excluding tert-OH is 1. The maximum Gasteiger partial charge on any atom is 0.248 e. The molecule has 3 amide bonds. The summed E-state index contributed by atoms with van der Waals surface area (Å²) < 4.78 is 3.74. The van der Waals surface area contributed by atoms with Crippen molar-refractivity contribution in [3.8, 4) is 16.1 Å². The first-order valence-electron chi connectivity index (χ1n) is 25.0. The van der Waals surface area contributed by atoms with Crippen molar-refractivity contribution in [2.75, 3.05) is 37.6 Å². The van der Waals surface area contributed by atoms with E-state index in [4.69, 9.17) is 26.7 Å². The van der Waals surface area contributed by atoms with Crippen LogP contribution in [0.25, 0.3) is 16.1 Å². The van der Waals surface area contributed by atoms with Crippen LogP contribution in [-0.2, 0) is 14.4 Å². The maximum atomic E-state index is 14.5. The van der Waals surface area contributed by atoms with Gasteiger partial charge in [0.1, 0.15) is 34.8 Å². The Balaban J connectivity index is 0.794. The number of rotatable bonds is 12. The molecule has 2 N–H and O–H groups in total. The number of aromatic nitrogens is 7. The second kappa shape index (κ2) is 20.5. The summed E-state index contributed by atoms with van der Waals surface area (Å²) in [5, 5.41) is 29.4. The lowest BCUT2D eigenvalue weighted by Gasteiger charge is -2.36. The molecule has 6 aromatic rings. The van der Waals surface area contributed by atoms with Crippen molar-refractivity contribution >= 4 is 63.5 Å². The van der Waals surface area contributed by atoms with Gasteiger partial charge >= 0.3 is 0 Å². The summed E-state index contributed by atoms with van der Waals surface area (Å²) in [5.41, 5.74) is 9.50. The highest BCUT2D eigenvalue weighted by Gasteiger charge is 2.43. The van der Waals surface area contributed by atoms with Crippen LogP contribution in [0.15, 0.2) is 89.3 Å². The van der Waals surface area contributed by atoms with Gasteiger partial charge in [-0.3, -0.25) is 28.6 Å². The van der Waals surface area contributed by atoms with Crippen LogP contribution in [0.5, 0.6) is 0 Å². The minimum atomic E-state index is -0.829. The van der Waals surface area contributed by atoms with E-state index in [1.54, 1.807) is 39.7 Å². The number of hydrogen-bond donors (Lipinski definition) is 2. The fraction of sp³-hybridized carbons (Fsp3) is 0.426. The molecule has 2 unspecified atom stereocenters. The molecular weight excluding hydrogens is 980 g/mol. The van der Waals surface area contributed by atoms with Gasteiger partial charge in [-0.15, -0.1) is 32.9 Å². The number of thiazole rings is 1. The number of halogens is 1. The SMILES string of the molecule is Cc1ncsc1C1C=CC([C@H](C)NC(=O)[C@@H]2C[C@@H](O)CN2C(=O)[C@H](C(C)C)n2cc(-c3ccnc(N4CCN(C(=O)C[C@@H]5N=C(c6ccc(Cl)cc6)c6c(sc(C)c6C)-n6c(C)nnc65)CC4)c3)cn2)=CC1C. The molecule has 8 heterocycles. The van der Waals surface area contributed by atoms with Gasteiger partial charge < -0.3 is 25.1 Å². The average Bonchev–Trinajstić information content (AvgIpc) is 4.22. The number of aryl methyl sites for hydroxylation is 3. The summed E-state index contributed by atoms with van der Waals surface area (Å²) in [6.45, 7) is 18.5. The smallest absolute Gasteiger partial charge is 0.248 e. The number of likely N-dealkylation sites (tertiary alicyclic amines) is 1. The molecule has 0 spiro atoms. The molecule has 2 fully saturated rings. The molecule has 73 heavy (non-hydrogen) atoms. The van der Waals surface area contributed by atoms with E-state index in [0.717, 1.165) is 61.4 Å².